The van der Waals surface area contributed by atoms with Crippen LogP contribution in [0.1, 0.15) is 18.2 Å². The number of carbonyl (C=O) groups is 1. The highest BCUT2D eigenvalue weighted by atomic mass is 35.5. The molecule has 0 radical (unpaired) electrons. The lowest BCUT2D eigenvalue weighted by molar-refractivity contribution is 0.0911. The number of ether oxygens (including phenoxy) is 1. The zero-order valence-electron chi connectivity index (χ0n) is 9.49. The van der Waals surface area contributed by atoms with E-state index in [4.69, 9.17) is 39.5 Å². The molecule has 1 aliphatic rings. The predicted octanol–water partition coefficient (Wildman–Crippen LogP) is 2.86. The molecular formula is C10H10Cl3N3O2. The second-order valence-corrected chi connectivity index (χ2v) is 5.12. The summed E-state index contributed by atoms with van der Waals surface area (Å²) in [5.74, 6) is 0. The second kappa shape index (κ2) is 5.47. The highest BCUT2D eigenvalue weighted by Gasteiger charge is 2.26. The van der Waals surface area contributed by atoms with Crippen LogP contribution in [0.25, 0.3) is 0 Å². The van der Waals surface area contributed by atoms with E-state index in [0.29, 0.717) is 25.1 Å². The fourth-order valence-corrected chi connectivity index (χ4v) is 2.27. The average Bonchev–Trinajstić information content (AvgIpc) is 2.27. The van der Waals surface area contributed by atoms with Crippen molar-refractivity contribution in [3.05, 3.63) is 21.7 Å². The fraction of sp³-hybridized carbons (Fsp3) is 0.500. The topological polar surface area (TPSA) is 55.3 Å². The van der Waals surface area contributed by atoms with E-state index in [9.17, 15) is 4.79 Å². The van der Waals surface area contributed by atoms with Gasteiger partial charge in [-0.1, -0.05) is 23.2 Å². The number of carbonyl (C=O) groups excluding carboxylic acids is 1. The van der Waals surface area contributed by atoms with Gasteiger partial charge >= 0.3 is 6.09 Å². The first-order valence-electron chi connectivity index (χ1n) is 5.28. The zero-order valence-corrected chi connectivity index (χ0v) is 11.8. The molecule has 18 heavy (non-hydrogen) atoms. The van der Waals surface area contributed by atoms with Crippen LogP contribution in [0.5, 0.6) is 0 Å². The first-order chi connectivity index (χ1) is 8.47. The van der Waals surface area contributed by atoms with E-state index >= 15 is 0 Å². The van der Waals surface area contributed by atoms with E-state index in [1.54, 1.807) is 6.92 Å². The molecule has 8 heteroatoms. The lowest BCUT2D eigenvalue weighted by Crippen LogP contribution is -2.37. The molecule has 1 atom stereocenters. The summed E-state index contributed by atoms with van der Waals surface area (Å²) < 4.78 is 4.91. The predicted molar refractivity (Wildman–Crippen MR) is 68.0 cm³/mol. The maximum absolute atomic E-state index is 11.7. The Kier molecular flexibility index (Phi) is 4.14. The molecule has 2 heterocycles. The highest BCUT2D eigenvalue weighted by molar-refractivity contribution is 6.32. The van der Waals surface area contributed by atoms with Crippen molar-refractivity contribution in [3.63, 3.8) is 0 Å². The highest BCUT2D eigenvalue weighted by Crippen LogP contribution is 2.25. The van der Waals surface area contributed by atoms with Crippen molar-refractivity contribution >= 4 is 40.9 Å². The molecule has 0 fully saturated rings. The Morgan fingerprint density at radius 1 is 1.44 bits per heavy atom. The van der Waals surface area contributed by atoms with Crippen LogP contribution in [-0.4, -0.2) is 33.1 Å². The van der Waals surface area contributed by atoms with Gasteiger partial charge in [0.25, 0.3) is 0 Å². The Balaban J connectivity index is 2.17. The van der Waals surface area contributed by atoms with Gasteiger partial charge in [0.1, 0.15) is 5.15 Å². The third kappa shape index (κ3) is 2.96. The molecule has 0 aromatic carbocycles. The molecule has 0 saturated carbocycles. The number of nitrogens with zero attached hydrogens (tertiary/aromatic N) is 3. The number of amides is 1. The minimum Gasteiger partial charge on any atom is -0.430 e. The Bertz CT molecular complexity index is 482. The van der Waals surface area contributed by atoms with E-state index in [2.05, 4.69) is 9.97 Å². The lowest BCUT2D eigenvalue weighted by Gasteiger charge is -2.28. The number of aromatic nitrogens is 2. The molecule has 0 unspecified atom stereocenters. The number of halogens is 3. The fourth-order valence-electron chi connectivity index (χ4n) is 1.71. The SMILES string of the molecule is C[C@H](Cl)OC(=O)N1CCc2nc(Cl)nc(Cl)c2C1. The van der Waals surface area contributed by atoms with E-state index in [1.165, 1.54) is 4.90 Å². The molecule has 1 aromatic rings. The Labute approximate surface area is 119 Å². The van der Waals surface area contributed by atoms with Crippen LogP contribution in [0.2, 0.25) is 10.4 Å². The van der Waals surface area contributed by atoms with Crippen LogP contribution in [-0.2, 0) is 17.7 Å². The molecule has 1 aromatic heterocycles. The maximum Gasteiger partial charge on any atom is 0.411 e. The maximum atomic E-state index is 11.7. The van der Waals surface area contributed by atoms with Gasteiger partial charge in [-0.2, -0.15) is 0 Å². The molecule has 0 saturated heterocycles. The normalized spacial score (nSPS) is 16.1. The van der Waals surface area contributed by atoms with E-state index in [1.807, 2.05) is 0 Å². The van der Waals surface area contributed by atoms with Gasteiger partial charge in [0.15, 0.2) is 5.56 Å². The van der Waals surface area contributed by atoms with Crippen molar-refractivity contribution in [2.45, 2.75) is 25.5 Å². The quantitative estimate of drug-likeness (QED) is 0.455. The molecule has 1 aliphatic heterocycles. The van der Waals surface area contributed by atoms with E-state index in [-0.39, 0.29) is 10.4 Å². The number of hydrogen-bond donors (Lipinski definition) is 0. The Hall–Kier alpha value is -0.780. The van der Waals surface area contributed by atoms with Crippen molar-refractivity contribution < 1.29 is 9.53 Å². The molecule has 0 spiro atoms. The molecule has 98 valence electrons. The molecular weight excluding hydrogens is 300 g/mol. The number of alkyl halides is 1. The molecule has 0 N–H and O–H groups in total. The van der Waals surface area contributed by atoms with Crippen LogP contribution < -0.4 is 0 Å². The van der Waals surface area contributed by atoms with Gasteiger partial charge in [0, 0.05) is 18.5 Å². The standard InChI is InChI=1S/C10H10Cl3N3O2/c1-5(11)18-10(17)16-3-2-7-6(4-16)8(12)15-9(13)14-7/h5H,2-4H2,1H3/t5-/m1/s1. The molecule has 0 bridgehead atoms. The van der Waals surface area contributed by atoms with Crippen LogP contribution in [0.4, 0.5) is 4.79 Å². The number of fused-ring (bicyclic) bond motifs is 1. The van der Waals surface area contributed by atoms with Crippen LogP contribution >= 0.6 is 34.8 Å². The van der Waals surface area contributed by atoms with Gasteiger partial charge in [-0.05, 0) is 18.5 Å². The summed E-state index contributed by atoms with van der Waals surface area (Å²) in [5.41, 5.74) is 0.797. The van der Waals surface area contributed by atoms with Gasteiger partial charge in [0.2, 0.25) is 5.28 Å². The first-order valence-corrected chi connectivity index (χ1v) is 6.47. The summed E-state index contributed by atoms with van der Waals surface area (Å²) in [6.07, 6.45) is 0.0810. The largest absolute Gasteiger partial charge is 0.430 e. The third-order valence-electron chi connectivity index (χ3n) is 2.50. The summed E-state index contributed by atoms with van der Waals surface area (Å²) in [7, 11) is 0. The van der Waals surface area contributed by atoms with E-state index < -0.39 is 11.7 Å². The summed E-state index contributed by atoms with van der Waals surface area (Å²) >= 11 is 17.3. The summed E-state index contributed by atoms with van der Waals surface area (Å²) in [6, 6.07) is 0. The van der Waals surface area contributed by atoms with Crippen LogP contribution in [0.3, 0.4) is 0 Å². The smallest absolute Gasteiger partial charge is 0.411 e. The van der Waals surface area contributed by atoms with Gasteiger partial charge in [-0.15, -0.1) is 0 Å². The number of hydrogen-bond acceptors (Lipinski definition) is 4. The van der Waals surface area contributed by atoms with Gasteiger partial charge in [-0.3, -0.25) is 0 Å². The molecule has 1 amide bonds. The molecule has 5 nitrogen and oxygen atoms in total. The van der Waals surface area contributed by atoms with Crippen molar-refractivity contribution in [3.8, 4) is 0 Å². The lowest BCUT2D eigenvalue weighted by atomic mass is 10.1. The Morgan fingerprint density at radius 2 is 2.17 bits per heavy atom. The second-order valence-electron chi connectivity index (χ2n) is 3.81. The minimum absolute atomic E-state index is 0.115. The monoisotopic (exact) mass is 309 g/mol. The zero-order chi connectivity index (χ0) is 13.3. The van der Waals surface area contributed by atoms with E-state index in [0.717, 1.165) is 5.69 Å². The number of rotatable bonds is 1. The van der Waals surface area contributed by atoms with Gasteiger partial charge < -0.3 is 9.64 Å². The molecule has 0 aliphatic carbocycles. The first kappa shape index (κ1) is 13.6. The molecule has 2 rings (SSSR count). The average molecular weight is 311 g/mol. The van der Waals surface area contributed by atoms with Crippen molar-refractivity contribution in [1.29, 1.82) is 0 Å². The summed E-state index contributed by atoms with van der Waals surface area (Å²) in [4.78, 5) is 21.2. The minimum atomic E-state index is -0.671. The summed E-state index contributed by atoms with van der Waals surface area (Å²) in [6.45, 7) is 2.36. The Morgan fingerprint density at radius 3 is 2.83 bits per heavy atom. The van der Waals surface area contributed by atoms with Crippen molar-refractivity contribution in [2.24, 2.45) is 0 Å². The van der Waals surface area contributed by atoms with Crippen LogP contribution in [0, 0.1) is 0 Å². The van der Waals surface area contributed by atoms with Crippen molar-refractivity contribution in [2.75, 3.05) is 6.54 Å². The van der Waals surface area contributed by atoms with Crippen molar-refractivity contribution in [1.82, 2.24) is 14.9 Å². The summed E-state index contributed by atoms with van der Waals surface area (Å²) in [5, 5.41) is 0.380. The van der Waals surface area contributed by atoms with Crippen LogP contribution in [0.15, 0.2) is 0 Å². The van der Waals surface area contributed by atoms with Gasteiger partial charge in [0.05, 0.1) is 12.2 Å². The third-order valence-corrected chi connectivity index (χ3v) is 3.07. The van der Waals surface area contributed by atoms with Gasteiger partial charge in [-0.25, -0.2) is 14.8 Å².